The molecule has 0 saturated heterocycles. The lowest BCUT2D eigenvalue weighted by Crippen LogP contribution is -1.89. The molecule has 1 heterocycles. The van der Waals surface area contributed by atoms with Gasteiger partial charge in [0.25, 0.3) is 0 Å². The molecule has 1 aromatic heterocycles. The molecule has 0 amide bonds. The Bertz CT molecular complexity index is 574. The van der Waals surface area contributed by atoms with Gasteiger partial charge in [-0.05, 0) is 12.1 Å². The maximum Gasteiger partial charge on any atom is 0.147 e. The van der Waals surface area contributed by atoms with E-state index in [0.717, 1.165) is 0 Å². The Labute approximate surface area is 124 Å². The maximum absolute atomic E-state index is 6.02. The van der Waals surface area contributed by atoms with Gasteiger partial charge < -0.3 is 4.74 Å². The van der Waals surface area contributed by atoms with Crippen LogP contribution in [0.1, 0.15) is 5.69 Å². The minimum Gasteiger partial charge on any atom is -0.456 e. The van der Waals surface area contributed by atoms with Crippen molar-refractivity contribution in [3.8, 4) is 11.5 Å². The number of benzene rings is 1. The van der Waals surface area contributed by atoms with Gasteiger partial charge in [0.1, 0.15) is 11.5 Å². The summed E-state index contributed by atoms with van der Waals surface area (Å²) in [5.74, 6) is 1.32. The molecule has 0 bridgehead atoms. The fraction of sp³-hybridized carbons (Fsp3) is 0.0833. The molecule has 0 aliphatic rings. The van der Waals surface area contributed by atoms with E-state index in [2.05, 4.69) is 4.98 Å². The van der Waals surface area contributed by atoms with E-state index in [-0.39, 0.29) is 0 Å². The van der Waals surface area contributed by atoms with Crippen LogP contribution in [0.25, 0.3) is 0 Å². The van der Waals surface area contributed by atoms with Crippen molar-refractivity contribution in [3.63, 3.8) is 0 Å². The number of ether oxygens (including phenoxy) is 1. The number of nitrogens with zero attached hydrogens (tertiary/aromatic N) is 1. The Kier molecular flexibility index (Phi) is 4.57. The van der Waals surface area contributed by atoms with Crippen molar-refractivity contribution in [2.75, 3.05) is 0 Å². The first-order chi connectivity index (χ1) is 8.60. The van der Waals surface area contributed by atoms with Gasteiger partial charge in [0, 0.05) is 18.3 Å². The van der Waals surface area contributed by atoms with Gasteiger partial charge in [-0.1, -0.05) is 34.8 Å². The van der Waals surface area contributed by atoms with E-state index in [0.29, 0.717) is 38.1 Å². The van der Waals surface area contributed by atoms with Crippen molar-refractivity contribution in [1.29, 1.82) is 0 Å². The van der Waals surface area contributed by atoms with Gasteiger partial charge in [-0.15, -0.1) is 11.6 Å². The summed E-state index contributed by atoms with van der Waals surface area (Å²) in [7, 11) is 0. The average molecular weight is 323 g/mol. The van der Waals surface area contributed by atoms with Gasteiger partial charge in [-0.25, -0.2) is 0 Å². The number of halogens is 4. The highest BCUT2D eigenvalue weighted by molar-refractivity contribution is 6.43. The highest BCUT2D eigenvalue weighted by atomic mass is 35.5. The summed E-state index contributed by atoms with van der Waals surface area (Å²) >= 11 is 23.5. The standard InChI is InChI=1S/C12H7Cl4NO/c13-6-7-3-8(1-2-17-7)18-12-5-10(15)9(14)4-11(12)16/h1-5H,6H2. The van der Waals surface area contributed by atoms with E-state index in [1.807, 2.05) is 0 Å². The molecule has 0 radical (unpaired) electrons. The molecule has 0 aliphatic heterocycles. The molecule has 0 atom stereocenters. The summed E-state index contributed by atoms with van der Waals surface area (Å²) in [6, 6.07) is 6.53. The second kappa shape index (κ2) is 5.98. The van der Waals surface area contributed by atoms with Gasteiger partial charge >= 0.3 is 0 Å². The highest BCUT2D eigenvalue weighted by Crippen LogP contribution is 2.36. The fourth-order valence-electron chi connectivity index (χ4n) is 1.30. The third-order valence-electron chi connectivity index (χ3n) is 2.13. The molecule has 18 heavy (non-hydrogen) atoms. The summed E-state index contributed by atoms with van der Waals surface area (Å²) < 4.78 is 5.61. The van der Waals surface area contributed by atoms with Gasteiger partial charge in [0.2, 0.25) is 0 Å². The largest absolute Gasteiger partial charge is 0.456 e. The SMILES string of the molecule is ClCc1cc(Oc2cc(Cl)c(Cl)cc2Cl)ccn1. The second-order valence-electron chi connectivity index (χ2n) is 3.42. The van der Waals surface area contributed by atoms with E-state index in [1.165, 1.54) is 6.07 Å². The summed E-state index contributed by atoms with van der Waals surface area (Å²) in [4.78, 5) is 4.06. The zero-order valence-corrected chi connectivity index (χ0v) is 12.0. The highest BCUT2D eigenvalue weighted by Gasteiger charge is 2.08. The number of aromatic nitrogens is 1. The van der Waals surface area contributed by atoms with Crippen LogP contribution in [0.15, 0.2) is 30.5 Å². The fourth-order valence-corrected chi connectivity index (χ4v) is 2.02. The predicted octanol–water partition coefficient (Wildman–Crippen LogP) is 5.57. The zero-order chi connectivity index (χ0) is 13.1. The van der Waals surface area contributed by atoms with Crippen molar-refractivity contribution in [3.05, 3.63) is 51.2 Å². The molecule has 2 nitrogen and oxygen atoms in total. The summed E-state index contributed by atoms with van der Waals surface area (Å²) in [6.07, 6.45) is 1.61. The van der Waals surface area contributed by atoms with Crippen molar-refractivity contribution in [1.82, 2.24) is 4.98 Å². The van der Waals surface area contributed by atoms with Gasteiger partial charge in [-0.3, -0.25) is 4.98 Å². The Morgan fingerprint density at radius 3 is 2.44 bits per heavy atom. The third-order valence-corrected chi connectivity index (χ3v) is 3.42. The lowest BCUT2D eigenvalue weighted by atomic mass is 10.3. The number of hydrogen-bond acceptors (Lipinski definition) is 2. The smallest absolute Gasteiger partial charge is 0.147 e. The van der Waals surface area contributed by atoms with Crippen LogP contribution in [-0.2, 0) is 5.88 Å². The van der Waals surface area contributed by atoms with Crippen LogP contribution < -0.4 is 4.74 Å². The third kappa shape index (κ3) is 3.21. The van der Waals surface area contributed by atoms with E-state index < -0.39 is 0 Å². The quantitative estimate of drug-likeness (QED) is 0.544. The second-order valence-corrected chi connectivity index (χ2v) is 4.90. The first-order valence-corrected chi connectivity index (χ1v) is 6.60. The molecule has 6 heteroatoms. The summed E-state index contributed by atoms with van der Waals surface area (Å²) in [5, 5.41) is 1.14. The average Bonchev–Trinajstić information content (AvgIpc) is 2.36. The van der Waals surface area contributed by atoms with Gasteiger partial charge in [0.05, 0.1) is 26.6 Å². The summed E-state index contributed by atoms with van der Waals surface area (Å²) in [6.45, 7) is 0. The van der Waals surface area contributed by atoms with Crippen molar-refractivity contribution < 1.29 is 4.74 Å². The molecular formula is C12H7Cl4NO. The molecule has 2 rings (SSSR count). The van der Waals surface area contributed by atoms with Crippen molar-refractivity contribution in [2.45, 2.75) is 5.88 Å². The Morgan fingerprint density at radius 2 is 1.72 bits per heavy atom. The van der Waals surface area contributed by atoms with E-state index >= 15 is 0 Å². The van der Waals surface area contributed by atoms with Crippen LogP contribution in [-0.4, -0.2) is 4.98 Å². The first kappa shape index (κ1) is 13.8. The number of rotatable bonds is 3. The topological polar surface area (TPSA) is 22.1 Å². The van der Waals surface area contributed by atoms with Gasteiger partial charge in [-0.2, -0.15) is 0 Å². The molecule has 2 aromatic rings. The minimum atomic E-state index is 0.312. The molecule has 0 N–H and O–H groups in total. The summed E-state index contributed by atoms with van der Waals surface area (Å²) in [5.41, 5.74) is 0.713. The van der Waals surface area contributed by atoms with Crippen LogP contribution in [0, 0.1) is 0 Å². The van der Waals surface area contributed by atoms with E-state index in [4.69, 9.17) is 51.1 Å². The molecule has 0 saturated carbocycles. The molecule has 0 aliphatic carbocycles. The zero-order valence-electron chi connectivity index (χ0n) is 8.96. The Balaban J connectivity index is 2.30. The number of pyridine rings is 1. The van der Waals surface area contributed by atoms with Crippen LogP contribution >= 0.6 is 46.4 Å². The Hall–Kier alpha value is -0.670. The van der Waals surface area contributed by atoms with E-state index in [1.54, 1.807) is 24.4 Å². The molecule has 0 unspecified atom stereocenters. The van der Waals surface area contributed by atoms with Crippen LogP contribution in [0.3, 0.4) is 0 Å². The molecule has 94 valence electrons. The van der Waals surface area contributed by atoms with Crippen molar-refractivity contribution in [2.24, 2.45) is 0 Å². The van der Waals surface area contributed by atoms with Crippen LogP contribution in [0.2, 0.25) is 15.1 Å². The molecule has 0 fully saturated rings. The van der Waals surface area contributed by atoms with Crippen LogP contribution in [0.4, 0.5) is 0 Å². The predicted molar refractivity (Wildman–Crippen MR) is 75.3 cm³/mol. The van der Waals surface area contributed by atoms with E-state index in [9.17, 15) is 0 Å². The normalized spacial score (nSPS) is 10.4. The lowest BCUT2D eigenvalue weighted by Gasteiger charge is -2.09. The minimum absolute atomic E-state index is 0.312. The number of hydrogen-bond donors (Lipinski definition) is 0. The Morgan fingerprint density at radius 1 is 1.00 bits per heavy atom. The lowest BCUT2D eigenvalue weighted by molar-refractivity contribution is 0.481. The van der Waals surface area contributed by atoms with Crippen molar-refractivity contribution >= 4 is 46.4 Å². The van der Waals surface area contributed by atoms with Crippen LogP contribution in [0.5, 0.6) is 11.5 Å². The first-order valence-electron chi connectivity index (χ1n) is 4.93. The van der Waals surface area contributed by atoms with Gasteiger partial charge in [0.15, 0.2) is 0 Å². The number of alkyl halides is 1. The molecule has 1 aromatic carbocycles. The molecule has 0 spiro atoms. The monoisotopic (exact) mass is 321 g/mol. The maximum atomic E-state index is 6.02. The molecular weight excluding hydrogens is 316 g/mol.